The molecule has 0 aromatic heterocycles. The smallest absolute Gasteiger partial charge is 0.220 e. The summed E-state index contributed by atoms with van der Waals surface area (Å²) in [6.07, 6.45) is -0.166. The fourth-order valence-electron chi connectivity index (χ4n) is 2.14. The zero-order valence-electron chi connectivity index (χ0n) is 12.2. The summed E-state index contributed by atoms with van der Waals surface area (Å²) in [5, 5.41) is 15.2. The summed E-state index contributed by atoms with van der Waals surface area (Å²) >= 11 is 1.75. The third-order valence-corrected chi connectivity index (χ3v) is 4.23. The highest BCUT2D eigenvalue weighted by molar-refractivity contribution is 7.99. The van der Waals surface area contributed by atoms with E-state index >= 15 is 0 Å². The van der Waals surface area contributed by atoms with Crippen molar-refractivity contribution in [2.75, 3.05) is 18.1 Å². The fourth-order valence-corrected chi connectivity index (χ4v) is 2.76. The topological polar surface area (TPSA) is 49.3 Å². The van der Waals surface area contributed by atoms with E-state index in [0.29, 0.717) is 6.42 Å². The van der Waals surface area contributed by atoms with Crippen LogP contribution in [-0.2, 0) is 4.79 Å². The number of rotatable bonds is 7. The molecule has 0 heterocycles. The van der Waals surface area contributed by atoms with Crippen LogP contribution < -0.4 is 5.32 Å². The molecule has 1 amide bonds. The minimum Gasteiger partial charge on any atom is -0.387 e. The van der Waals surface area contributed by atoms with Crippen LogP contribution in [0.3, 0.4) is 0 Å². The van der Waals surface area contributed by atoms with Gasteiger partial charge in [-0.05, 0) is 28.2 Å². The van der Waals surface area contributed by atoms with Gasteiger partial charge in [0.25, 0.3) is 0 Å². The normalized spacial score (nSPS) is 12.3. The van der Waals surface area contributed by atoms with E-state index in [9.17, 15) is 9.90 Å². The molecule has 0 saturated carbocycles. The molecule has 0 fully saturated rings. The Labute approximate surface area is 129 Å². The molecule has 1 atom stereocenters. The molecule has 0 aliphatic carbocycles. The van der Waals surface area contributed by atoms with Crippen LogP contribution in [-0.4, -0.2) is 29.1 Å². The van der Waals surface area contributed by atoms with Crippen molar-refractivity contribution in [3.05, 3.63) is 48.0 Å². The Morgan fingerprint density at radius 1 is 1.24 bits per heavy atom. The van der Waals surface area contributed by atoms with Gasteiger partial charge in [0.15, 0.2) is 0 Å². The Morgan fingerprint density at radius 2 is 2.00 bits per heavy atom. The first kappa shape index (κ1) is 15.9. The zero-order chi connectivity index (χ0) is 15.1. The summed E-state index contributed by atoms with van der Waals surface area (Å²) < 4.78 is 0. The zero-order valence-corrected chi connectivity index (χ0v) is 13.0. The number of hydrogen-bond donors (Lipinski definition) is 2. The number of hydrogen-bond acceptors (Lipinski definition) is 3. The van der Waals surface area contributed by atoms with E-state index in [1.54, 1.807) is 11.8 Å². The summed E-state index contributed by atoms with van der Waals surface area (Å²) in [5.74, 6) is 1.84. The lowest BCUT2D eigenvalue weighted by Crippen LogP contribution is -2.28. The number of thioether (sulfide) groups is 1. The van der Waals surface area contributed by atoms with E-state index in [2.05, 4.69) is 12.2 Å². The SMILES string of the molecule is CCSCCC(=O)NC[C@@H](O)c1ccc2ccccc2c1. The minimum absolute atomic E-state index is 0.00390. The van der Waals surface area contributed by atoms with E-state index < -0.39 is 6.10 Å². The van der Waals surface area contributed by atoms with E-state index in [-0.39, 0.29) is 12.5 Å². The van der Waals surface area contributed by atoms with Crippen molar-refractivity contribution < 1.29 is 9.90 Å². The summed E-state index contributed by atoms with van der Waals surface area (Å²) in [6, 6.07) is 13.9. The molecule has 21 heavy (non-hydrogen) atoms. The quantitative estimate of drug-likeness (QED) is 0.773. The summed E-state index contributed by atoms with van der Waals surface area (Å²) in [7, 11) is 0. The van der Waals surface area contributed by atoms with E-state index in [1.807, 2.05) is 42.5 Å². The standard InChI is InChI=1S/C17H21NO2S/c1-2-21-10-9-17(20)18-12-16(19)15-8-7-13-5-3-4-6-14(13)11-15/h3-8,11,16,19H,2,9-10,12H2,1H3,(H,18,20)/t16-/m1/s1. The Hall–Kier alpha value is -1.52. The van der Waals surface area contributed by atoms with Gasteiger partial charge < -0.3 is 10.4 Å². The lowest BCUT2D eigenvalue weighted by Gasteiger charge is -2.13. The molecular weight excluding hydrogens is 282 g/mol. The van der Waals surface area contributed by atoms with Crippen LogP contribution in [0.1, 0.15) is 25.0 Å². The van der Waals surface area contributed by atoms with Crippen molar-refractivity contribution in [3.63, 3.8) is 0 Å². The molecule has 0 unspecified atom stereocenters. The van der Waals surface area contributed by atoms with Gasteiger partial charge in [-0.2, -0.15) is 11.8 Å². The van der Waals surface area contributed by atoms with Crippen molar-refractivity contribution in [1.82, 2.24) is 5.32 Å². The highest BCUT2D eigenvalue weighted by Crippen LogP contribution is 2.20. The third kappa shape index (κ3) is 4.76. The second-order valence-electron chi connectivity index (χ2n) is 4.87. The van der Waals surface area contributed by atoms with Crippen LogP contribution in [0.5, 0.6) is 0 Å². The van der Waals surface area contributed by atoms with Crippen molar-refractivity contribution in [3.8, 4) is 0 Å². The molecule has 0 saturated heterocycles. The van der Waals surface area contributed by atoms with Gasteiger partial charge in [0.1, 0.15) is 0 Å². The largest absolute Gasteiger partial charge is 0.387 e. The molecule has 0 spiro atoms. The molecule has 2 rings (SSSR count). The predicted octanol–water partition coefficient (Wildman–Crippen LogP) is 3.13. The molecule has 2 N–H and O–H groups in total. The van der Waals surface area contributed by atoms with Gasteiger partial charge in [0, 0.05) is 18.7 Å². The fraction of sp³-hybridized carbons (Fsp3) is 0.353. The second-order valence-corrected chi connectivity index (χ2v) is 6.27. The van der Waals surface area contributed by atoms with Gasteiger partial charge >= 0.3 is 0 Å². The van der Waals surface area contributed by atoms with Crippen molar-refractivity contribution in [2.45, 2.75) is 19.4 Å². The van der Waals surface area contributed by atoms with Crippen LogP contribution >= 0.6 is 11.8 Å². The maximum atomic E-state index is 11.6. The number of nitrogens with one attached hydrogen (secondary N) is 1. The van der Waals surface area contributed by atoms with Crippen LogP contribution in [0.15, 0.2) is 42.5 Å². The number of aliphatic hydroxyl groups is 1. The van der Waals surface area contributed by atoms with Crippen molar-refractivity contribution in [1.29, 1.82) is 0 Å². The van der Waals surface area contributed by atoms with E-state index in [4.69, 9.17) is 0 Å². The number of carbonyl (C=O) groups is 1. The number of carbonyl (C=O) groups excluding carboxylic acids is 1. The molecule has 112 valence electrons. The lowest BCUT2D eigenvalue weighted by atomic mass is 10.0. The highest BCUT2D eigenvalue weighted by atomic mass is 32.2. The van der Waals surface area contributed by atoms with Gasteiger partial charge in [-0.15, -0.1) is 0 Å². The average molecular weight is 303 g/mol. The molecule has 0 bridgehead atoms. The molecule has 3 nitrogen and oxygen atoms in total. The maximum Gasteiger partial charge on any atom is 0.220 e. The highest BCUT2D eigenvalue weighted by Gasteiger charge is 2.10. The predicted molar refractivity (Wildman–Crippen MR) is 89.5 cm³/mol. The average Bonchev–Trinajstić information content (AvgIpc) is 2.52. The molecule has 0 aliphatic rings. The third-order valence-electron chi connectivity index (χ3n) is 3.33. The molecule has 0 aliphatic heterocycles. The number of fused-ring (bicyclic) bond motifs is 1. The molecular formula is C17H21NO2S. The molecule has 2 aromatic carbocycles. The minimum atomic E-state index is -0.669. The Kier molecular flexibility index (Phi) is 6.08. The number of benzene rings is 2. The van der Waals surface area contributed by atoms with Crippen LogP contribution in [0.2, 0.25) is 0 Å². The number of aliphatic hydroxyl groups excluding tert-OH is 1. The van der Waals surface area contributed by atoms with Crippen LogP contribution in [0.25, 0.3) is 10.8 Å². The summed E-state index contributed by atoms with van der Waals surface area (Å²) in [4.78, 5) is 11.6. The lowest BCUT2D eigenvalue weighted by molar-refractivity contribution is -0.121. The second kappa shape index (κ2) is 8.05. The van der Waals surface area contributed by atoms with Crippen LogP contribution in [0.4, 0.5) is 0 Å². The number of amides is 1. The Morgan fingerprint density at radius 3 is 2.76 bits per heavy atom. The Balaban J connectivity index is 1.89. The first-order chi connectivity index (χ1) is 10.2. The van der Waals surface area contributed by atoms with Gasteiger partial charge in [-0.3, -0.25) is 4.79 Å². The van der Waals surface area contributed by atoms with Gasteiger partial charge in [-0.1, -0.05) is 43.3 Å². The first-order valence-corrected chi connectivity index (χ1v) is 8.37. The van der Waals surface area contributed by atoms with Gasteiger partial charge in [-0.25, -0.2) is 0 Å². The van der Waals surface area contributed by atoms with Crippen LogP contribution in [0, 0.1) is 0 Å². The van der Waals surface area contributed by atoms with Gasteiger partial charge in [0.05, 0.1) is 6.10 Å². The first-order valence-electron chi connectivity index (χ1n) is 7.22. The summed E-state index contributed by atoms with van der Waals surface area (Å²) in [5.41, 5.74) is 0.830. The monoisotopic (exact) mass is 303 g/mol. The molecule has 4 heteroatoms. The van der Waals surface area contributed by atoms with Crippen molar-refractivity contribution in [2.24, 2.45) is 0 Å². The van der Waals surface area contributed by atoms with Crippen molar-refractivity contribution >= 4 is 28.4 Å². The van der Waals surface area contributed by atoms with E-state index in [0.717, 1.165) is 27.8 Å². The molecule has 2 aromatic rings. The van der Waals surface area contributed by atoms with Gasteiger partial charge in [0.2, 0.25) is 5.91 Å². The summed E-state index contributed by atoms with van der Waals surface area (Å²) in [6.45, 7) is 2.33. The molecule has 0 radical (unpaired) electrons. The van der Waals surface area contributed by atoms with E-state index in [1.165, 1.54) is 0 Å². The Bertz CT molecular complexity index is 600. The maximum absolute atomic E-state index is 11.6.